The van der Waals surface area contributed by atoms with Crippen LogP contribution in [0.3, 0.4) is 0 Å². The van der Waals surface area contributed by atoms with Gasteiger partial charge in [0, 0.05) is 18.8 Å². The number of hydrogen-bond acceptors (Lipinski definition) is 5. The minimum Gasteiger partial charge on any atom is -0.480 e. The highest BCUT2D eigenvalue weighted by Crippen LogP contribution is 2.20. The van der Waals surface area contributed by atoms with Crippen LogP contribution < -0.4 is 21.9 Å². The van der Waals surface area contributed by atoms with Crippen LogP contribution in [0, 0.1) is 0 Å². The van der Waals surface area contributed by atoms with E-state index in [1.165, 1.54) is 7.11 Å². The molecule has 0 saturated carbocycles. The van der Waals surface area contributed by atoms with Crippen molar-refractivity contribution < 1.29 is 4.74 Å². The van der Waals surface area contributed by atoms with Crippen molar-refractivity contribution in [3.05, 3.63) is 17.8 Å². The molecule has 0 aliphatic carbocycles. The van der Waals surface area contributed by atoms with Crippen molar-refractivity contribution in [3.8, 4) is 5.88 Å². The van der Waals surface area contributed by atoms with E-state index in [1.807, 2.05) is 0 Å². The summed E-state index contributed by atoms with van der Waals surface area (Å²) in [7, 11) is 1.52. The third-order valence-corrected chi connectivity index (χ3v) is 1.78. The van der Waals surface area contributed by atoms with Gasteiger partial charge in [0.1, 0.15) is 0 Å². The van der Waals surface area contributed by atoms with Crippen LogP contribution in [0.15, 0.2) is 12.3 Å². The third-order valence-electron chi connectivity index (χ3n) is 1.78. The molecule has 1 heterocycles. The van der Waals surface area contributed by atoms with Crippen molar-refractivity contribution in [2.24, 2.45) is 11.5 Å². The number of nitrogen functional groups attached to an aromatic ring is 1. The fourth-order valence-corrected chi connectivity index (χ4v) is 0.996. The van der Waals surface area contributed by atoms with E-state index >= 15 is 0 Å². The quantitative estimate of drug-likeness (QED) is 0.592. The van der Waals surface area contributed by atoms with E-state index in [2.05, 4.69) is 4.98 Å². The highest BCUT2D eigenvalue weighted by molar-refractivity contribution is 5.49. The maximum atomic E-state index is 5.69. The molecule has 0 saturated heterocycles. The summed E-state index contributed by atoms with van der Waals surface area (Å²) >= 11 is 0. The number of nitrogens with zero attached hydrogens (tertiary/aromatic N) is 1. The smallest absolute Gasteiger partial charge is 0.236 e. The molecule has 0 spiro atoms. The Balaban J connectivity index is 2.95. The maximum Gasteiger partial charge on any atom is 0.236 e. The summed E-state index contributed by atoms with van der Waals surface area (Å²) in [4.78, 5) is 3.98. The van der Waals surface area contributed by atoms with Crippen molar-refractivity contribution in [2.45, 2.75) is 6.04 Å². The average molecular weight is 182 g/mol. The second-order valence-corrected chi connectivity index (χ2v) is 2.71. The lowest BCUT2D eigenvalue weighted by Gasteiger charge is -2.10. The molecule has 13 heavy (non-hydrogen) atoms. The number of pyridine rings is 1. The Morgan fingerprint density at radius 3 is 2.77 bits per heavy atom. The van der Waals surface area contributed by atoms with E-state index < -0.39 is 0 Å². The summed E-state index contributed by atoms with van der Waals surface area (Å²) in [5.41, 5.74) is 18.0. The number of aromatic nitrogens is 1. The van der Waals surface area contributed by atoms with E-state index in [-0.39, 0.29) is 6.04 Å². The van der Waals surface area contributed by atoms with Gasteiger partial charge in [-0.15, -0.1) is 0 Å². The molecule has 5 heteroatoms. The topological polar surface area (TPSA) is 100 Å². The first-order chi connectivity index (χ1) is 6.19. The van der Waals surface area contributed by atoms with Crippen LogP contribution in [0.2, 0.25) is 0 Å². The predicted molar refractivity (Wildman–Crippen MR) is 51.2 cm³/mol. The molecule has 1 aromatic rings. The van der Waals surface area contributed by atoms with Gasteiger partial charge in [-0.25, -0.2) is 4.98 Å². The van der Waals surface area contributed by atoms with E-state index in [0.717, 1.165) is 5.56 Å². The van der Waals surface area contributed by atoms with Gasteiger partial charge in [0.2, 0.25) is 5.88 Å². The molecular formula is C8H14N4O. The zero-order valence-electron chi connectivity index (χ0n) is 7.53. The Hall–Kier alpha value is -1.33. The molecule has 6 N–H and O–H groups in total. The van der Waals surface area contributed by atoms with Gasteiger partial charge in [0.25, 0.3) is 0 Å². The largest absolute Gasteiger partial charge is 0.480 e. The normalized spacial score (nSPS) is 12.5. The maximum absolute atomic E-state index is 5.69. The number of hydrogen-bond donors (Lipinski definition) is 3. The van der Waals surface area contributed by atoms with Gasteiger partial charge in [0.15, 0.2) is 0 Å². The Morgan fingerprint density at radius 2 is 2.31 bits per heavy atom. The fourth-order valence-electron chi connectivity index (χ4n) is 0.996. The van der Waals surface area contributed by atoms with E-state index in [1.54, 1.807) is 12.3 Å². The first-order valence-electron chi connectivity index (χ1n) is 3.94. The number of nitrogens with two attached hydrogens (primary N) is 3. The zero-order chi connectivity index (χ0) is 9.84. The summed E-state index contributed by atoms with van der Waals surface area (Å²) in [5, 5.41) is 0. The standard InChI is InChI=1S/C8H14N4O/c1-13-8-6(10)2-5(4-12-8)7(11)3-9/h2,4,7H,3,9-11H2,1H3/t7-/m0/s1. The van der Waals surface area contributed by atoms with Crippen LogP contribution in [-0.2, 0) is 0 Å². The summed E-state index contributed by atoms with van der Waals surface area (Å²) in [6.07, 6.45) is 1.62. The Bertz CT molecular complexity index is 289. The summed E-state index contributed by atoms with van der Waals surface area (Å²) in [6.45, 7) is 0.369. The summed E-state index contributed by atoms with van der Waals surface area (Å²) < 4.78 is 4.91. The van der Waals surface area contributed by atoms with Gasteiger partial charge in [-0.3, -0.25) is 0 Å². The van der Waals surface area contributed by atoms with Gasteiger partial charge in [-0.2, -0.15) is 0 Å². The molecule has 0 bridgehead atoms. The minimum absolute atomic E-state index is 0.222. The lowest BCUT2D eigenvalue weighted by atomic mass is 10.1. The van der Waals surface area contributed by atoms with E-state index in [4.69, 9.17) is 21.9 Å². The van der Waals surface area contributed by atoms with Crippen LogP contribution in [0.5, 0.6) is 5.88 Å². The molecule has 0 radical (unpaired) electrons. The third kappa shape index (κ3) is 2.07. The first-order valence-corrected chi connectivity index (χ1v) is 3.94. The molecule has 0 aliphatic heterocycles. The molecule has 0 aliphatic rings. The van der Waals surface area contributed by atoms with Crippen molar-refractivity contribution in [1.29, 1.82) is 0 Å². The fraction of sp³-hybridized carbons (Fsp3) is 0.375. The van der Waals surface area contributed by atoms with E-state index in [9.17, 15) is 0 Å². The second kappa shape index (κ2) is 4.06. The molecule has 0 fully saturated rings. The molecule has 1 atom stereocenters. The Labute approximate surface area is 76.9 Å². The van der Waals surface area contributed by atoms with Gasteiger partial charge < -0.3 is 21.9 Å². The lowest BCUT2D eigenvalue weighted by Crippen LogP contribution is -2.21. The summed E-state index contributed by atoms with van der Waals surface area (Å²) in [5.74, 6) is 0.410. The van der Waals surface area contributed by atoms with Crippen molar-refractivity contribution >= 4 is 5.69 Å². The van der Waals surface area contributed by atoms with Gasteiger partial charge >= 0.3 is 0 Å². The van der Waals surface area contributed by atoms with Crippen LogP contribution in [0.4, 0.5) is 5.69 Å². The number of methoxy groups -OCH3 is 1. The van der Waals surface area contributed by atoms with Crippen LogP contribution in [0.1, 0.15) is 11.6 Å². The predicted octanol–water partition coefficient (Wildman–Crippen LogP) is -0.369. The molecular weight excluding hydrogens is 168 g/mol. The molecule has 0 amide bonds. The van der Waals surface area contributed by atoms with Crippen molar-refractivity contribution in [3.63, 3.8) is 0 Å². The van der Waals surface area contributed by atoms with Gasteiger partial charge in [0.05, 0.1) is 12.8 Å². The molecule has 0 aromatic carbocycles. The average Bonchev–Trinajstić information content (AvgIpc) is 2.16. The number of anilines is 1. The molecule has 0 unspecified atom stereocenters. The van der Waals surface area contributed by atoms with Crippen LogP contribution >= 0.6 is 0 Å². The van der Waals surface area contributed by atoms with Crippen molar-refractivity contribution in [1.82, 2.24) is 4.98 Å². The van der Waals surface area contributed by atoms with Crippen LogP contribution in [0.25, 0.3) is 0 Å². The highest BCUT2D eigenvalue weighted by atomic mass is 16.5. The highest BCUT2D eigenvalue weighted by Gasteiger charge is 2.07. The summed E-state index contributed by atoms with van der Waals surface area (Å²) in [6, 6.07) is 1.50. The molecule has 5 nitrogen and oxygen atoms in total. The molecule has 72 valence electrons. The SMILES string of the molecule is COc1ncc([C@@H](N)CN)cc1N. The monoisotopic (exact) mass is 182 g/mol. The number of ether oxygens (including phenoxy) is 1. The zero-order valence-corrected chi connectivity index (χ0v) is 7.53. The van der Waals surface area contributed by atoms with Gasteiger partial charge in [-0.05, 0) is 11.6 Å². The minimum atomic E-state index is -0.222. The van der Waals surface area contributed by atoms with Crippen molar-refractivity contribution in [2.75, 3.05) is 19.4 Å². The van der Waals surface area contributed by atoms with Crippen LogP contribution in [-0.4, -0.2) is 18.6 Å². The lowest BCUT2D eigenvalue weighted by molar-refractivity contribution is 0.400. The second-order valence-electron chi connectivity index (χ2n) is 2.71. The molecule has 1 aromatic heterocycles. The molecule has 1 rings (SSSR count). The Morgan fingerprint density at radius 1 is 1.62 bits per heavy atom. The Kier molecular flexibility index (Phi) is 3.05. The van der Waals surface area contributed by atoms with E-state index in [0.29, 0.717) is 18.1 Å². The number of rotatable bonds is 3. The van der Waals surface area contributed by atoms with Gasteiger partial charge in [-0.1, -0.05) is 0 Å². The first kappa shape index (κ1) is 9.76.